The molecule has 3 atom stereocenters. The maximum Gasteiger partial charge on any atom is 0.472 e. The molecule has 0 aliphatic carbocycles. The molecule has 0 aromatic heterocycles. The molecule has 3 unspecified atom stereocenters. The molecule has 0 rings (SSSR count). The molecule has 0 aromatic carbocycles. The summed E-state index contributed by atoms with van der Waals surface area (Å²) < 4.78 is 23.8. The van der Waals surface area contributed by atoms with E-state index in [0.717, 1.165) is 64.2 Å². The van der Waals surface area contributed by atoms with Gasteiger partial charge in [-0.15, -0.1) is 0 Å². The molecule has 0 aromatic rings. The van der Waals surface area contributed by atoms with E-state index in [1.807, 2.05) is 21.1 Å². The molecule has 0 heterocycles. The molecular weight excluding hydrogens is 888 g/mol. The fourth-order valence-corrected chi connectivity index (χ4v) is 9.92. The van der Waals surface area contributed by atoms with Crippen molar-refractivity contribution in [1.82, 2.24) is 5.32 Å². The van der Waals surface area contributed by atoms with Crippen molar-refractivity contribution in [2.75, 3.05) is 40.9 Å². The van der Waals surface area contributed by atoms with Gasteiger partial charge in [0, 0.05) is 6.42 Å². The minimum atomic E-state index is -4.33. The summed E-state index contributed by atoms with van der Waals surface area (Å²) in [5.74, 6) is -0.152. The smallest absolute Gasteiger partial charge is 0.391 e. The third kappa shape index (κ3) is 54.5. The fraction of sp³-hybridized carbons (Fsp3) is 0.885. The summed E-state index contributed by atoms with van der Waals surface area (Å²) in [5, 5.41) is 14.1. The van der Waals surface area contributed by atoms with E-state index in [2.05, 4.69) is 55.6 Å². The number of aliphatic hydroxyl groups is 1. The second-order valence-electron chi connectivity index (χ2n) is 22.1. The number of phosphoric ester groups is 1. The van der Waals surface area contributed by atoms with Gasteiger partial charge in [0.05, 0.1) is 39.9 Å². The highest BCUT2D eigenvalue weighted by molar-refractivity contribution is 7.47. The molecule has 8 nitrogen and oxygen atoms in total. The van der Waals surface area contributed by atoms with E-state index in [0.29, 0.717) is 23.9 Å². The Balaban J connectivity index is 4.04. The Kier molecular flexibility index (Phi) is 51.6. The molecule has 0 radical (unpaired) electrons. The lowest BCUT2D eigenvalue weighted by Crippen LogP contribution is -2.46. The minimum absolute atomic E-state index is 0.0725. The molecule has 0 fully saturated rings. The first-order chi connectivity index (χ1) is 34.0. The monoisotopic (exact) mass is 1010 g/mol. The van der Waals surface area contributed by atoms with Gasteiger partial charge >= 0.3 is 7.82 Å². The zero-order valence-corrected chi connectivity index (χ0v) is 48.2. The van der Waals surface area contributed by atoms with Crippen molar-refractivity contribution in [3.8, 4) is 0 Å². The van der Waals surface area contributed by atoms with Gasteiger partial charge in [0.1, 0.15) is 13.2 Å². The Morgan fingerprint density at radius 1 is 0.500 bits per heavy atom. The third-order valence-corrected chi connectivity index (χ3v) is 14.9. The highest BCUT2D eigenvalue weighted by Gasteiger charge is 2.28. The average molecular weight is 1010 g/mol. The predicted octanol–water partition coefficient (Wildman–Crippen LogP) is 18.5. The number of allylic oxidation sites excluding steroid dienone is 6. The van der Waals surface area contributed by atoms with Crippen LogP contribution in [0.1, 0.15) is 296 Å². The van der Waals surface area contributed by atoms with Crippen molar-refractivity contribution < 1.29 is 32.9 Å². The number of rotatable bonds is 56. The summed E-state index contributed by atoms with van der Waals surface area (Å²) in [4.78, 5) is 23.3. The summed E-state index contributed by atoms with van der Waals surface area (Å²) >= 11 is 0. The number of carbonyl (C=O) groups excluding carboxylic acids is 1. The van der Waals surface area contributed by atoms with Gasteiger partial charge in [-0.25, -0.2) is 4.57 Å². The van der Waals surface area contributed by atoms with Gasteiger partial charge in [-0.3, -0.25) is 13.8 Å². The summed E-state index contributed by atoms with van der Waals surface area (Å²) in [6, 6.07) is -0.767. The molecule has 70 heavy (non-hydrogen) atoms. The molecule has 0 saturated heterocycles. The van der Waals surface area contributed by atoms with Crippen LogP contribution in [0.2, 0.25) is 0 Å². The van der Waals surface area contributed by atoms with Crippen LogP contribution in [-0.4, -0.2) is 73.4 Å². The van der Waals surface area contributed by atoms with E-state index in [-0.39, 0.29) is 19.1 Å². The zero-order valence-electron chi connectivity index (χ0n) is 47.3. The molecule has 414 valence electrons. The first-order valence-corrected chi connectivity index (χ1v) is 31.8. The van der Waals surface area contributed by atoms with Crippen LogP contribution in [0.25, 0.3) is 0 Å². The quantitative estimate of drug-likeness (QED) is 0.0243. The molecule has 0 aliphatic heterocycles. The van der Waals surface area contributed by atoms with Crippen LogP contribution >= 0.6 is 7.82 Å². The van der Waals surface area contributed by atoms with Crippen molar-refractivity contribution in [3.63, 3.8) is 0 Å². The zero-order chi connectivity index (χ0) is 51.3. The van der Waals surface area contributed by atoms with Crippen LogP contribution in [0.5, 0.6) is 0 Å². The second-order valence-corrected chi connectivity index (χ2v) is 23.5. The number of hydrogen-bond donors (Lipinski definition) is 3. The summed E-state index contributed by atoms with van der Waals surface area (Å²) in [5.41, 5.74) is 0. The standard InChI is InChI=1S/C61H119N2O6P/c1-6-8-10-12-14-16-18-20-22-24-25-26-27-28-29-30-31-32-33-34-35-36-37-39-40-42-44-46-48-50-52-54-60(64)59(58-69-70(66,67)68-57-56-63(3,4)5)62-61(65)55-53-51-49-47-45-43-41-38-23-21-19-17-15-13-11-9-7-2/h9,11,15,17,21,23,59-60,64H,6-8,10,12-14,16,18-20,22,24-58H2,1-5H3,(H-,62,65,66,67)/p+1/b11-9-,17-15-,23-21-. The Bertz CT molecular complexity index is 1230. The molecular formula is C61H120N2O6P+. The van der Waals surface area contributed by atoms with E-state index >= 15 is 0 Å². The average Bonchev–Trinajstić information content (AvgIpc) is 3.32. The van der Waals surface area contributed by atoms with Gasteiger partial charge in [0.25, 0.3) is 0 Å². The van der Waals surface area contributed by atoms with Crippen LogP contribution in [0.15, 0.2) is 36.5 Å². The second kappa shape index (κ2) is 52.6. The minimum Gasteiger partial charge on any atom is -0.391 e. The van der Waals surface area contributed by atoms with E-state index in [4.69, 9.17) is 9.05 Å². The number of nitrogens with zero attached hydrogens (tertiary/aromatic N) is 1. The van der Waals surface area contributed by atoms with E-state index in [1.54, 1.807) is 0 Å². The maximum atomic E-state index is 13.0. The highest BCUT2D eigenvalue weighted by Crippen LogP contribution is 2.43. The number of aliphatic hydroxyl groups excluding tert-OH is 1. The van der Waals surface area contributed by atoms with Crippen LogP contribution in [0.4, 0.5) is 0 Å². The highest BCUT2D eigenvalue weighted by atomic mass is 31.2. The van der Waals surface area contributed by atoms with Crippen molar-refractivity contribution >= 4 is 13.7 Å². The summed E-state index contributed by atoms with van der Waals surface area (Å²) in [6.07, 6.45) is 67.9. The Labute approximate surface area is 436 Å². The van der Waals surface area contributed by atoms with Gasteiger partial charge in [-0.1, -0.05) is 281 Å². The number of phosphoric acid groups is 1. The van der Waals surface area contributed by atoms with Crippen LogP contribution in [0.3, 0.4) is 0 Å². The normalized spacial score (nSPS) is 14.1. The molecule has 9 heteroatoms. The van der Waals surface area contributed by atoms with Crippen molar-refractivity contribution in [2.45, 2.75) is 309 Å². The van der Waals surface area contributed by atoms with Gasteiger partial charge in [-0.05, 0) is 44.9 Å². The molecule has 3 N–H and O–H groups in total. The third-order valence-electron chi connectivity index (χ3n) is 13.9. The molecule has 1 amide bonds. The number of unbranched alkanes of at least 4 members (excludes halogenated alkanes) is 37. The van der Waals surface area contributed by atoms with E-state index in [9.17, 15) is 19.4 Å². The lowest BCUT2D eigenvalue weighted by Gasteiger charge is -2.26. The lowest BCUT2D eigenvalue weighted by atomic mass is 10.0. The number of carbonyl (C=O) groups is 1. The first kappa shape index (κ1) is 68.7. The number of nitrogens with one attached hydrogen (secondary N) is 1. The van der Waals surface area contributed by atoms with Crippen molar-refractivity contribution in [3.05, 3.63) is 36.5 Å². The topological polar surface area (TPSA) is 105 Å². The predicted molar refractivity (Wildman–Crippen MR) is 304 cm³/mol. The Hall–Kier alpha value is -1.28. The largest absolute Gasteiger partial charge is 0.472 e. The number of amides is 1. The van der Waals surface area contributed by atoms with Gasteiger partial charge < -0.3 is 19.8 Å². The van der Waals surface area contributed by atoms with Crippen LogP contribution < -0.4 is 5.32 Å². The Morgan fingerprint density at radius 3 is 1.26 bits per heavy atom. The van der Waals surface area contributed by atoms with Crippen molar-refractivity contribution in [2.24, 2.45) is 0 Å². The summed E-state index contributed by atoms with van der Waals surface area (Å²) in [7, 11) is 1.61. The van der Waals surface area contributed by atoms with Gasteiger partial charge in [0.2, 0.25) is 5.91 Å². The number of likely N-dealkylation sites (N-methyl/N-ethyl adjacent to an activating group) is 1. The van der Waals surface area contributed by atoms with Crippen LogP contribution in [0, 0.1) is 0 Å². The molecule has 0 bridgehead atoms. The molecule has 0 saturated carbocycles. The number of hydrogen-bond acceptors (Lipinski definition) is 5. The molecule has 0 aliphatic rings. The Morgan fingerprint density at radius 2 is 0.857 bits per heavy atom. The molecule has 0 spiro atoms. The van der Waals surface area contributed by atoms with E-state index in [1.165, 1.54) is 205 Å². The number of quaternary nitrogens is 1. The van der Waals surface area contributed by atoms with Crippen LogP contribution in [-0.2, 0) is 18.4 Å². The SMILES string of the molecule is CC/C=C\C/C=C\C/C=C\CCCCCCCCCC(=O)NC(COP(=O)(O)OCC[N+](C)(C)C)C(O)CCCCCCCCCCCCCCCCCCCCCCCCCCCCCCCCC. The van der Waals surface area contributed by atoms with Gasteiger partial charge in [0.15, 0.2) is 0 Å². The lowest BCUT2D eigenvalue weighted by molar-refractivity contribution is -0.870. The fourth-order valence-electron chi connectivity index (χ4n) is 9.18. The summed E-state index contributed by atoms with van der Waals surface area (Å²) in [6.45, 7) is 4.80. The van der Waals surface area contributed by atoms with Gasteiger partial charge in [-0.2, -0.15) is 0 Å². The first-order valence-electron chi connectivity index (χ1n) is 30.4. The maximum absolute atomic E-state index is 13.0. The van der Waals surface area contributed by atoms with Crippen molar-refractivity contribution in [1.29, 1.82) is 0 Å². The van der Waals surface area contributed by atoms with E-state index < -0.39 is 20.0 Å².